The molecular weight excluding hydrogens is 344 g/mol. The number of nitrogens with one attached hydrogen (secondary N) is 1. The number of fused-ring (bicyclic) bond motifs is 1. The van der Waals surface area contributed by atoms with Gasteiger partial charge in [0.05, 0.1) is 22.3 Å². The van der Waals surface area contributed by atoms with E-state index < -0.39 is 4.92 Å². The van der Waals surface area contributed by atoms with Crippen LogP contribution in [0.4, 0.5) is 11.4 Å². The number of nitro groups is 1. The quantitative estimate of drug-likeness (QED) is 0.322. The molecule has 0 radical (unpaired) electrons. The van der Waals surface area contributed by atoms with Crippen molar-refractivity contribution in [2.75, 3.05) is 11.1 Å². The van der Waals surface area contributed by atoms with Crippen LogP contribution in [0.5, 0.6) is 0 Å². The highest BCUT2D eigenvalue weighted by atomic mass is 32.2. The van der Waals surface area contributed by atoms with Gasteiger partial charge in [-0.2, -0.15) is 5.10 Å². The number of aromatic nitrogens is 4. The number of aryl methyl sites for hydroxylation is 2. The molecule has 0 aliphatic heterocycles. The molecule has 1 aromatic carbocycles. The molecule has 25 heavy (non-hydrogen) atoms. The second kappa shape index (κ2) is 6.85. The molecule has 0 aliphatic rings. The van der Waals surface area contributed by atoms with Crippen LogP contribution >= 0.6 is 11.8 Å². The summed E-state index contributed by atoms with van der Waals surface area (Å²) >= 11 is 1.22. The standard InChI is InChI=1S/C15H14N6O3S/c1-9-4-3-5-11(21(23)24)13(9)19-12(22)7-25-15-10-6-18-20(2)14(10)16-8-17-15/h3-6,8H,7H2,1-2H3,(H,19,22). The molecule has 0 saturated heterocycles. The third-order valence-corrected chi connectivity index (χ3v) is 4.55. The van der Waals surface area contributed by atoms with Gasteiger partial charge in [0.1, 0.15) is 17.0 Å². The van der Waals surface area contributed by atoms with E-state index in [1.165, 1.54) is 24.2 Å². The molecule has 0 saturated carbocycles. The lowest BCUT2D eigenvalue weighted by molar-refractivity contribution is -0.384. The second-order valence-electron chi connectivity index (χ2n) is 5.25. The van der Waals surface area contributed by atoms with Crippen LogP contribution in [-0.2, 0) is 11.8 Å². The highest BCUT2D eigenvalue weighted by Crippen LogP contribution is 2.28. The molecule has 2 heterocycles. The van der Waals surface area contributed by atoms with Crippen LogP contribution in [0.1, 0.15) is 5.56 Å². The number of anilines is 1. The van der Waals surface area contributed by atoms with Crippen molar-refractivity contribution < 1.29 is 9.72 Å². The van der Waals surface area contributed by atoms with Crippen molar-refractivity contribution in [2.24, 2.45) is 7.05 Å². The highest BCUT2D eigenvalue weighted by Gasteiger charge is 2.18. The Morgan fingerprint density at radius 3 is 2.96 bits per heavy atom. The topological polar surface area (TPSA) is 116 Å². The second-order valence-corrected chi connectivity index (χ2v) is 6.21. The Morgan fingerprint density at radius 2 is 2.20 bits per heavy atom. The minimum Gasteiger partial charge on any atom is -0.319 e. The van der Waals surface area contributed by atoms with Gasteiger partial charge in [-0.1, -0.05) is 23.9 Å². The van der Waals surface area contributed by atoms with E-state index in [-0.39, 0.29) is 23.0 Å². The van der Waals surface area contributed by atoms with Crippen molar-refractivity contribution >= 4 is 40.1 Å². The smallest absolute Gasteiger partial charge is 0.293 e. The Labute approximate surface area is 146 Å². The minimum atomic E-state index is -0.515. The van der Waals surface area contributed by atoms with Crippen LogP contribution in [0.25, 0.3) is 11.0 Å². The molecule has 3 rings (SSSR count). The van der Waals surface area contributed by atoms with E-state index in [2.05, 4.69) is 20.4 Å². The summed E-state index contributed by atoms with van der Waals surface area (Å²) in [5.74, 6) is -0.287. The molecular formula is C15H14N6O3S. The Kier molecular flexibility index (Phi) is 4.61. The van der Waals surface area contributed by atoms with E-state index in [9.17, 15) is 14.9 Å². The molecule has 3 aromatic rings. The summed E-state index contributed by atoms with van der Waals surface area (Å²) in [5, 5.41) is 19.2. The number of carbonyl (C=O) groups is 1. The fourth-order valence-electron chi connectivity index (χ4n) is 2.33. The van der Waals surface area contributed by atoms with Crippen LogP contribution in [0.3, 0.4) is 0 Å². The van der Waals surface area contributed by atoms with E-state index >= 15 is 0 Å². The van der Waals surface area contributed by atoms with E-state index in [1.807, 2.05) is 0 Å². The number of amides is 1. The van der Waals surface area contributed by atoms with Crippen molar-refractivity contribution in [2.45, 2.75) is 11.9 Å². The lowest BCUT2D eigenvalue weighted by Gasteiger charge is -2.08. The maximum absolute atomic E-state index is 12.2. The Hall–Kier alpha value is -3.01. The van der Waals surface area contributed by atoms with Crippen molar-refractivity contribution in [3.05, 3.63) is 46.4 Å². The Morgan fingerprint density at radius 1 is 1.40 bits per heavy atom. The SMILES string of the molecule is Cc1cccc([N+](=O)[O-])c1NC(=O)CSc1ncnc2c1cnn2C. The molecule has 0 spiro atoms. The zero-order valence-electron chi connectivity index (χ0n) is 13.5. The number of benzene rings is 1. The molecule has 0 atom stereocenters. The van der Waals surface area contributed by atoms with Gasteiger partial charge in [-0.3, -0.25) is 19.6 Å². The summed E-state index contributed by atoms with van der Waals surface area (Å²) in [6.07, 6.45) is 3.05. The van der Waals surface area contributed by atoms with Crippen LogP contribution in [0, 0.1) is 17.0 Å². The summed E-state index contributed by atoms with van der Waals surface area (Å²) in [5.41, 5.74) is 1.39. The van der Waals surface area contributed by atoms with Crippen molar-refractivity contribution in [3.63, 3.8) is 0 Å². The monoisotopic (exact) mass is 358 g/mol. The summed E-state index contributed by atoms with van der Waals surface area (Å²) < 4.78 is 1.62. The van der Waals surface area contributed by atoms with E-state index in [4.69, 9.17) is 0 Å². The first-order valence-electron chi connectivity index (χ1n) is 7.26. The minimum absolute atomic E-state index is 0.0620. The van der Waals surface area contributed by atoms with E-state index in [1.54, 1.807) is 37.0 Å². The summed E-state index contributed by atoms with van der Waals surface area (Å²) in [7, 11) is 1.77. The normalized spacial score (nSPS) is 10.8. The van der Waals surface area contributed by atoms with Gasteiger partial charge in [0.15, 0.2) is 5.65 Å². The van der Waals surface area contributed by atoms with Gasteiger partial charge in [0.25, 0.3) is 5.69 Å². The fourth-order valence-corrected chi connectivity index (χ4v) is 3.09. The Balaban J connectivity index is 1.75. The molecule has 0 unspecified atom stereocenters. The average molecular weight is 358 g/mol. The number of para-hydroxylation sites is 1. The van der Waals surface area contributed by atoms with Gasteiger partial charge in [-0.05, 0) is 12.5 Å². The molecule has 1 amide bonds. The van der Waals surface area contributed by atoms with Crippen LogP contribution in [0.15, 0.2) is 35.7 Å². The van der Waals surface area contributed by atoms with Gasteiger partial charge in [-0.15, -0.1) is 0 Å². The lowest BCUT2D eigenvalue weighted by atomic mass is 10.1. The third kappa shape index (κ3) is 3.43. The van der Waals surface area contributed by atoms with Crippen LogP contribution in [-0.4, -0.2) is 36.3 Å². The van der Waals surface area contributed by atoms with Crippen molar-refractivity contribution in [3.8, 4) is 0 Å². The summed E-state index contributed by atoms with van der Waals surface area (Å²) in [4.78, 5) is 31.1. The maximum Gasteiger partial charge on any atom is 0.293 e. The van der Waals surface area contributed by atoms with E-state index in [0.717, 1.165) is 5.39 Å². The molecule has 9 nitrogen and oxygen atoms in total. The predicted octanol–water partition coefficient (Wildman–Crippen LogP) is 2.31. The zero-order valence-corrected chi connectivity index (χ0v) is 14.3. The van der Waals surface area contributed by atoms with Gasteiger partial charge in [0.2, 0.25) is 5.91 Å². The highest BCUT2D eigenvalue weighted by molar-refractivity contribution is 8.00. The summed E-state index contributed by atoms with van der Waals surface area (Å²) in [6.45, 7) is 1.71. The first-order valence-corrected chi connectivity index (χ1v) is 8.25. The molecule has 128 valence electrons. The molecule has 0 fully saturated rings. The maximum atomic E-state index is 12.2. The van der Waals surface area contributed by atoms with Crippen LogP contribution in [0.2, 0.25) is 0 Å². The number of hydrogen-bond donors (Lipinski definition) is 1. The van der Waals surface area contributed by atoms with E-state index in [0.29, 0.717) is 16.2 Å². The van der Waals surface area contributed by atoms with Gasteiger partial charge >= 0.3 is 0 Å². The fraction of sp³-hybridized carbons (Fsp3) is 0.200. The molecule has 10 heteroatoms. The zero-order chi connectivity index (χ0) is 18.0. The summed E-state index contributed by atoms with van der Waals surface area (Å²) in [6, 6.07) is 4.65. The lowest BCUT2D eigenvalue weighted by Crippen LogP contribution is -2.16. The number of carbonyl (C=O) groups excluding carboxylic acids is 1. The molecule has 1 N–H and O–H groups in total. The first-order chi connectivity index (χ1) is 12.0. The third-order valence-electron chi connectivity index (χ3n) is 3.54. The number of hydrogen-bond acceptors (Lipinski definition) is 7. The van der Waals surface area contributed by atoms with Gasteiger partial charge < -0.3 is 5.32 Å². The predicted molar refractivity (Wildman–Crippen MR) is 93.5 cm³/mol. The number of rotatable bonds is 5. The first kappa shape index (κ1) is 16.8. The van der Waals surface area contributed by atoms with Gasteiger partial charge in [0, 0.05) is 13.1 Å². The Bertz CT molecular complexity index is 971. The average Bonchev–Trinajstić information content (AvgIpc) is 2.96. The van der Waals surface area contributed by atoms with Gasteiger partial charge in [-0.25, -0.2) is 9.97 Å². The van der Waals surface area contributed by atoms with Crippen LogP contribution < -0.4 is 5.32 Å². The largest absolute Gasteiger partial charge is 0.319 e. The van der Waals surface area contributed by atoms with Crippen molar-refractivity contribution in [1.29, 1.82) is 0 Å². The van der Waals surface area contributed by atoms with Crippen molar-refractivity contribution in [1.82, 2.24) is 19.7 Å². The number of thioether (sulfide) groups is 1. The molecule has 0 bridgehead atoms. The number of nitrogens with zero attached hydrogens (tertiary/aromatic N) is 5. The number of nitro benzene ring substituents is 1. The molecule has 2 aromatic heterocycles. The molecule has 0 aliphatic carbocycles.